The molecule has 0 fully saturated rings. The molecule has 0 aliphatic heterocycles. The number of nitrogens with two attached hydrogens (primary N) is 1. The first-order valence-corrected chi connectivity index (χ1v) is 4.99. The third kappa shape index (κ3) is 4.12. The number of rotatable bonds is 4. The summed E-state index contributed by atoms with van der Waals surface area (Å²) in [6, 6.07) is 10.5. The van der Waals surface area contributed by atoms with Gasteiger partial charge < -0.3 is 5.73 Å². The Morgan fingerprint density at radius 3 is 2.14 bits per heavy atom. The molecule has 0 saturated heterocycles. The molecule has 1 nitrogen and oxygen atoms in total. The maximum absolute atomic E-state index is 5.75. The molecular weight excluding hydrogens is 194 g/mol. The van der Waals surface area contributed by atoms with Gasteiger partial charge >= 0.3 is 0 Å². The van der Waals surface area contributed by atoms with E-state index in [1.54, 1.807) is 0 Å². The standard InChI is InChI=1S/C12H19N.ClH/c1-10(2)8-12(9-13)11-6-4-3-5-7-11;/h3-7,10,12H,8-9,13H2,1-2H3;1H. The number of halogens is 1. The molecule has 0 heterocycles. The highest BCUT2D eigenvalue weighted by atomic mass is 35.5. The molecule has 0 aliphatic rings. The molecule has 1 atom stereocenters. The van der Waals surface area contributed by atoms with Gasteiger partial charge in [0.2, 0.25) is 0 Å². The first-order chi connectivity index (χ1) is 6.24. The predicted octanol–water partition coefficient (Wildman–Crippen LogP) is 3.20. The minimum atomic E-state index is 0. The highest BCUT2D eigenvalue weighted by molar-refractivity contribution is 5.85. The summed E-state index contributed by atoms with van der Waals surface area (Å²) < 4.78 is 0. The fourth-order valence-corrected chi connectivity index (χ4v) is 1.66. The molecular formula is C12H20ClN. The molecule has 0 aliphatic carbocycles. The van der Waals surface area contributed by atoms with Gasteiger partial charge in [0.15, 0.2) is 0 Å². The van der Waals surface area contributed by atoms with Crippen LogP contribution in [0, 0.1) is 5.92 Å². The molecule has 1 unspecified atom stereocenters. The zero-order valence-electron chi connectivity index (χ0n) is 8.94. The van der Waals surface area contributed by atoms with E-state index < -0.39 is 0 Å². The van der Waals surface area contributed by atoms with Crippen molar-refractivity contribution in [3.8, 4) is 0 Å². The Bertz CT molecular complexity index is 233. The lowest BCUT2D eigenvalue weighted by Crippen LogP contribution is -2.14. The Labute approximate surface area is 93.1 Å². The van der Waals surface area contributed by atoms with Gasteiger partial charge in [0.1, 0.15) is 0 Å². The van der Waals surface area contributed by atoms with E-state index >= 15 is 0 Å². The molecule has 0 amide bonds. The van der Waals surface area contributed by atoms with Crippen LogP contribution in [0.5, 0.6) is 0 Å². The van der Waals surface area contributed by atoms with E-state index in [1.807, 2.05) is 6.07 Å². The lowest BCUT2D eigenvalue weighted by atomic mass is 9.90. The average Bonchev–Trinajstić information content (AvgIpc) is 2.15. The van der Waals surface area contributed by atoms with Crippen molar-refractivity contribution in [3.63, 3.8) is 0 Å². The van der Waals surface area contributed by atoms with Crippen molar-refractivity contribution in [2.24, 2.45) is 11.7 Å². The number of benzene rings is 1. The van der Waals surface area contributed by atoms with Crippen LogP contribution in [-0.4, -0.2) is 6.54 Å². The van der Waals surface area contributed by atoms with Gasteiger partial charge in [-0.2, -0.15) is 0 Å². The van der Waals surface area contributed by atoms with Crippen molar-refractivity contribution in [1.82, 2.24) is 0 Å². The smallest absolute Gasteiger partial charge is 0.000814 e. The molecule has 0 saturated carbocycles. The second-order valence-corrected chi connectivity index (χ2v) is 3.97. The summed E-state index contributed by atoms with van der Waals surface area (Å²) in [6.07, 6.45) is 1.18. The van der Waals surface area contributed by atoms with Crippen molar-refractivity contribution in [2.45, 2.75) is 26.2 Å². The third-order valence-electron chi connectivity index (χ3n) is 2.31. The Morgan fingerprint density at radius 1 is 1.14 bits per heavy atom. The number of hydrogen-bond donors (Lipinski definition) is 1. The zero-order chi connectivity index (χ0) is 9.68. The van der Waals surface area contributed by atoms with Crippen LogP contribution in [0.25, 0.3) is 0 Å². The van der Waals surface area contributed by atoms with E-state index in [0.29, 0.717) is 11.8 Å². The van der Waals surface area contributed by atoms with Gasteiger partial charge in [0, 0.05) is 0 Å². The van der Waals surface area contributed by atoms with Crippen LogP contribution < -0.4 is 5.73 Å². The third-order valence-corrected chi connectivity index (χ3v) is 2.31. The largest absolute Gasteiger partial charge is 0.330 e. The van der Waals surface area contributed by atoms with E-state index in [1.165, 1.54) is 12.0 Å². The fourth-order valence-electron chi connectivity index (χ4n) is 1.66. The summed E-state index contributed by atoms with van der Waals surface area (Å²) in [4.78, 5) is 0. The Balaban J connectivity index is 0.00000169. The van der Waals surface area contributed by atoms with Crippen molar-refractivity contribution >= 4 is 12.4 Å². The summed E-state index contributed by atoms with van der Waals surface area (Å²) in [5.74, 6) is 1.25. The van der Waals surface area contributed by atoms with Crippen LogP contribution in [0.2, 0.25) is 0 Å². The van der Waals surface area contributed by atoms with Crippen molar-refractivity contribution in [2.75, 3.05) is 6.54 Å². The molecule has 0 spiro atoms. The van der Waals surface area contributed by atoms with E-state index in [-0.39, 0.29) is 12.4 Å². The molecule has 14 heavy (non-hydrogen) atoms. The van der Waals surface area contributed by atoms with Crippen LogP contribution in [0.4, 0.5) is 0 Å². The normalized spacial score (nSPS) is 12.3. The molecule has 2 N–H and O–H groups in total. The first-order valence-electron chi connectivity index (χ1n) is 4.99. The molecule has 0 aromatic heterocycles. The van der Waals surface area contributed by atoms with Gasteiger partial charge in [-0.1, -0.05) is 44.2 Å². The van der Waals surface area contributed by atoms with E-state index in [4.69, 9.17) is 5.73 Å². The summed E-state index contributed by atoms with van der Waals surface area (Å²) in [6.45, 7) is 5.24. The highest BCUT2D eigenvalue weighted by Crippen LogP contribution is 2.21. The predicted molar refractivity (Wildman–Crippen MR) is 64.9 cm³/mol. The highest BCUT2D eigenvalue weighted by Gasteiger charge is 2.10. The maximum atomic E-state index is 5.75. The minimum absolute atomic E-state index is 0. The molecule has 1 aromatic rings. The minimum Gasteiger partial charge on any atom is -0.330 e. The van der Waals surface area contributed by atoms with Crippen LogP contribution in [-0.2, 0) is 0 Å². The number of hydrogen-bond acceptors (Lipinski definition) is 1. The van der Waals surface area contributed by atoms with Crippen LogP contribution in [0.3, 0.4) is 0 Å². The maximum Gasteiger partial charge on any atom is -0.000814 e. The summed E-state index contributed by atoms with van der Waals surface area (Å²) in [5, 5.41) is 0. The Kier molecular flexibility index (Phi) is 6.60. The molecule has 1 aromatic carbocycles. The molecule has 2 heteroatoms. The summed E-state index contributed by atoms with van der Waals surface area (Å²) in [7, 11) is 0. The van der Waals surface area contributed by atoms with Crippen molar-refractivity contribution in [3.05, 3.63) is 35.9 Å². The van der Waals surface area contributed by atoms with Gasteiger partial charge in [-0.25, -0.2) is 0 Å². The van der Waals surface area contributed by atoms with Crippen LogP contribution in [0.1, 0.15) is 31.7 Å². The van der Waals surface area contributed by atoms with Crippen molar-refractivity contribution < 1.29 is 0 Å². The summed E-state index contributed by atoms with van der Waals surface area (Å²) in [5.41, 5.74) is 7.13. The van der Waals surface area contributed by atoms with E-state index in [0.717, 1.165) is 6.54 Å². The van der Waals surface area contributed by atoms with Gasteiger partial charge in [0.05, 0.1) is 0 Å². The Morgan fingerprint density at radius 2 is 1.71 bits per heavy atom. The zero-order valence-corrected chi connectivity index (χ0v) is 9.76. The average molecular weight is 214 g/mol. The molecule has 80 valence electrons. The molecule has 0 radical (unpaired) electrons. The molecule has 1 rings (SSSR count). The second kappa shape index (κ2) is 6.86. The first kappa shape index (κ1) is 13.5. The quantitative estimate of drug-likeness (QED) is 0.817. The summed E-state index contributed by atoms with van der Waals surface area (Å²) >= 11 is 0. The van der Waals surface area contributed by atoms with Gasteiger partial charge in [0.25, 0.3) is 0 Å². The lowest BCUT2D eigenvalue weighted by molar-refractivity contribution is 0.504. The van der Waals surface area contributed by atoms with Gasteiger partial charge in [-0.15, -0.1) is 12.4 Å². The second-order valence-electron chi connectivity index (χ2n) is 3.97. The van der Waals surface area contributed by atoms with Crippen molar-refractivity contribution in [1.29, 1.82) is 0 Å². The SMILES string of the molecule is CC(C)CC(CN)c1ccccc1.Cl. The van der Waals surface area contributed by atoms with Crippen LogP contribution in [0.15, 0.2) is 30.3 Å². The van der Waals surface area contributed by atoms with Gasteiger partial charge in [-0.05, 0) is 30.4 Å². The Hall–Kier alpha value is -0.530. The molecule has 0 bridgehead atoms. The van der Waals surface area contributed by atoms with E-state index in [2.05, 4.69) is 38.1 Å². The topological polar surface area (TPSA) is 26.0 Å². The lowest BCUT2D eigenvalue weighted by Gasteiger charge is -2.17. The van der Waals surface area contributed by atoms with E-state index in [9.17, 15) is 0 Å². The van der Waals surface area contributed by atoms with Crippen LogP contribution >= 0.6 is 12.4 Å². The monoisotopic (exact) mass is 213 g/mol. The van der Waals surface area contributed by atoms with Gasteiger partial charge in [-0.3, -0.25) is 0 Å². The fraction of sp³-hybridized carbons (Fsp3) is 0.500.